The second kappa shape index (κ2) is 5.73. The Bertz CT molecular complexity index is 580. The van der Waals surface area contributed by atoms with Crippen LogP contribution in [0.1, 0.15) is 10.5 Å². The molecule has 19 heavy (non-hydrogen) atoms. The van der Waals surface area contributed by atoms with E-state index in [-0.39, 0.29) is 19.1 Å². The second-order valence-electron chi connectivity index (χ2n) is 4.34. The number of nitrogen functional groups attached to an aromatic ring is 1. The molecule has 0 spiro atoms. The van der Waals surface area contributed by atoms with E-state index in [2.05, 4.69) is 10.3 Å². The predicted octanol–water partition coefficient (Wildman–Crippen LogP) is 0.487. The van der Waals surface area contributed by atoms with E-state index < -0.39 is 6.04 Å². The Labute approximate surface area is 110 Å². The number of carbonyl (C=O) groups excluding carboxylic acids is 1. The van der Waals surface area contributed by atoms with Crippen LogP contribution in [0.15, 0.2) is 24.3 Å². The van der Waals surface area contributed by atoms with Crippen LogP contribution in [0.3, 0.4) is 0 Å². The minimum absolute atomic E-state index is 0.174. The molecule has 1 atom stereocenters. The van der Waals surface area contributed by atoms with Crippen molar-refractivity contribution in [1.29, 1.82) is 0 Å². The second-order valence-corrected chi connectivity index (χ2v) is 4.34. The number of aliphatic hydroxyl groups excluding tert-OH is 1. The Morgan fingerprint density at radius 3 is 3.00 bits per heavy atom. The zero-order valence-corrected chi connectivity index (χ0v) is 10.6. The molecule has 1 aromatic carbocycles. The normalized spacial score (nSPS) is 12.5. The Balaban J connectivity index is 2.17. The number of fused-ring (bicyclic) bond motifs is 1. The summed E-state index contributed by atoms with van der Waals surface area (Å²) in [7, 11) is 1.51. The van der Waals surface area contributed by atoms with Gasteiger partial charge in [0.25, 0.3) is 5.91 Å². The van der Waals surface area contributed by atoms with Crippen molar-refractivity contribution in [2.24, 2.45) is 0 Å². The van der Waals surface area contributed by atoms with Crippen molar-refractivity contribution in [3.05, 3.63) is 30.0 Å². The van der Waals surface area contributed by atoms with Gasteiger partial charge in [0.05, 0.1) is 19.3 Å². The first-order chi connectivity index (χ1) is 9.13. The van der Waals surface area contributed by atoms with Gasteiger partial charge in [-0.05, 0) is 24.3 Å². The number of rotatable bonds is 5. The summed E-state index contributed by atoms with van der Waals surface area (Å²) in [5, 5.41) is 12.7. The molecule has 6 heteroatoms. The van der Waals surface area contributed by atoms with Gasteiger partial charge in [-0.3, -0.25) is 4.79 Å². The molecule has 6 nitrogen and oxygen atoms in total. The molecule has 1 heterocycles. The monoisotopic (exact) mass is 263 g/mol. The summed E-state index contributed by atoms with van der Waals surface area (Å²) in [6.45, 7) is 0.0855. The minimum atomic E-state index is -0.422. The van der Waals surface area contributed by atoms with Crippen molar-refractivity contribution >= 4 is 22.5 Å². The lowest BCUT2D eigenvalue weighted by molar-refractivity contribution is 0.0836. The molecule has 0 bridgehead atoms. The van der Waals surface area contributed by atoms with Crippen molar-refractivity contribution in [2.75, 3.05) is 26.1 Å². The highest BCUT2D eigenvalue weighted by molar-refractivity contribution is 5.98. The molecule has 1 aromatic heterocycles. The van der Waals surface area contributed by atoms with Gasteiger partial charge in [0.1, 0.15) is 5.69 Å². The molecular formula is C13H17N3O3. The third kappa shape index (κ3) is 3.04. The van der Waals surface area contributed by atoms with Gasteiger partial charge in [0.2, 0.25) is 0 Å². The van der Waals surface area contributed by atoms with Crippen LogP contribution in [0.25, 0.3) is 10.9 Å². The highest BCUT2D eigenvalue weighted by Gasteiger charge is 2.14. The van der Waals surface area contributed by atoms with Crippen molar-refractivity contribution < 1.29 is 14.6 Å². The van der Waals surface area contributed by atoms with Crippen LogP contribution in [0, 0.1) is 0 Å². The Kier molecular flexibility index (Phi) is 4.03. The third-order valence-corrected chi connectivity index (χ3v) is 2.81. The lowest BCUT2D eigenvalue weighted by Crippen LogP contribution is -2.40. The molecule has 5 N–H and O–H groups in total. The zero-order valence-electron chi connectivity index (χ0n) is 10.6. The van der Waals surface area contributed by atoms with E-state index in [0.717, 1.165) is 10.9 Å². The molecule has 2 aromatic rings. The number of nitrogens with two attached hydrogens (primary N) is 1. The van der Waals surface area contributed by atoms with Crippen LogP contribution in [0.2, 0.25) is 0 Å². The van der Waals surface area contributed by atoms with E-state index in [1.807, 2.05) is 6.07 Å². The van der Waals surface area contributed by atoms with Gasteiger partial charge in [0.15, 0.2) is 0 Å². The maximum absolute atomic E-state index is 12.0. The molecule has 0 aliphatic heterocycles. The van der Waals surface area contributed by atoms with Crippen molar-refractivity contribution in [2.45, 2.75) is 6.04 Å². The summed E-state index contributed by atoms with van der Waals surface area (Å²) >= 11 is 0. The number of amides is 1. The third-order valence-electron chi connectivity index (χ3n) is 2.81. The van der Waals surface area contributed by atoms with Crippen molar-refractivity contribution in [1.82, 2.24) is 10.3 Å². The number of anilines is 1. The fourth-order valence-electron chi connectivity index (χ4n) is 1.88. The van der Waals surface area contributed by atoms with E-state index >= 15 is 0 Å². The van der Waals surface area contributed by atoms with Crippen LogP contribution in [0.4, 0.5) is 5.69 Å². The number of ether oxygens (including phenoxy) is 1. The van der Waals surface area contributed by atoms with Gasteiger partial charge < -0.3 is 25.9 Å². The molecule has 0 fully saturated rings. The Morgan fingerprint density at radius 1 is 1.53 bits per heavy atom. The van der Waals surface area contributed by atoms with Gasteiger partial charge in [-0.25, -0.2) is 0 Å². The van der Waals surface area contributed by atoms with Crippen LogP contribution in [0.5, 0.6) is 0 Å². The highest BCUT2D eigenvalue weighted by Crippen LogP contribution is 2.18. The number of nitrogens with one attached hydrogen (secondary N) is 2. The first-order valence-corrected chi connectivity index (χ1v) is 5.93. The van der Waals surface area contributed by atoms with Crippen LogP contribution in [-0.2, 0) is 4.74 Å². The Morgan fingerprint density at radius 2 is 2.32 bits per heavy atom. The van der Waals surface area contributed by atoms with E-state index in [1.54, 1.807) is 18.2 Å². The quantitative estimate of drug-likeness (QED) is 0.590. The van der Waals surface area contributed by atoms with Crippen LogP contribution < -0.4 is 11.1 Å². The Hall–Kier alpha value is -2.05. The van der Waals surface area contributed by atoms with Gasteiger partial charge in [0, 0.05) is 23.7 Å². The molecule has 0 saturated heterocycles. The number of aromatic nitrogens is 1. The highest BCUT2D eigenvalue weighted by atomic mass is 16.5. The fraction of sp³-hybridized carbons (Fsp3) is 0.308. The number of aliphatic hydroxyl groups is 1. The molecule has 0 radical (unpaired) electrons. The van der Waals surface area contributed by atoms with E-state index in [0.29, 0.717) is 11.4 Å². The largest absolute Gasteiger partial charge is 0.399 e. The van der Waals surface area contributed by atoms with E-state index in [1.165, 1.54) is 7.11 Å². The fourth-order valence-corrected chi connectivity index (χ4v) is 1.88. The molecule has 1 unspecified atom stereocenters. The topological polar surface area (TPSA) is 100 Å². The van der Waals surface area contributed by atoms with Gasteiger partial charge in [-0.15, -0.1) is 0 Å². The van der Waals surface area contributed by atoms with Gasteiger partial charge in [-0.1, -0.05) is 0 Å². The summed E-state index contributed by atoms with van der Waals surface area (Å²) in [4.78, 5) is 15.0. The summed E-state index contributed by atoms with van der Waals surface area (Å²) in [6.07, 6.45) is 0. The predicted molar refractivity (Wildman–Crippen MR) is 72.9 cm³/mol. The van der Waals surface area contributed by atoms with E-state index in [9.17, 15) is 4.79 Å². The molecule has 0 aliphatic rings. The number of hydrogen-bond donors (Lipinski definition) is 4. The number of H-pyrrole nitrogens is 1. The minimum Gasteiger partial charge on any atom is -0.399 e. The van der Waals surface area contributed by atoms with Crippen molar-refractivity contribution in [3.8, 4) is 0 Å². The van der Waals surface area contributed by atoms with Gasteiger partial charge >= 0.3 is 0 Å². The summed E-state index contributed by atoms with van der Waals surface area (Å²) in [5.74, 6) is -0.286. The molecule has 0 aliphatic carbocycles. The molecule has 1 amide bonds. The maximum Gasteiger partial charge on any atom is 0.268 e. The summed E-state index contributed by atoms with van der Waals surface area (Å²) < 4.78 is 4.90. The van der Waals surface area contributed by atoms with Crippen molar-refractivity contribution in [3.63, 3.8) is 0 Å². The average Bonchev–Trinajstić information content (AvgIpc) is 2.81. The average molecular weight is 263 g/mol. The molecule has 2 rings (SSSR count). The first-order valence-electron chi connectivity index (χ1n) is 5.93. The first kappa shape index (κ1) is 13.4. The molecule has 102 valence electrons. The zero-order chi connectivity index (χ0) is 13.8. The summed E-state index contributed by atoms with van der Waals surface area (Å²) in [6, 6.07) is 6.68. The molecule has 0 saturated carbocycles. The number of aromatic amines is 1. The SMILES string of the molecule is COCC(CO)NC(=O)c1cc2cc(N)ccc2[nH]1. The van der Waals surface area contributed by atoms with Gasteiger partial charge in [-0.2, -0.15) is 0 Å². The number of carbonyl (C=O) groups is 1. The lowest BCUT2D eigenvalue weighted by Gasteiger charge is -2.14. The smallest absolute Gasteiger partial charge is 0.268 e. The standard InChI is InChI=1S/C13H17N3O3/c1-19-7-10(6-17)15-13(18)12-5-8-4-9(14)2-3-11(8)16-12/h2-5,10,16-17H,6-7,14H2,1H3,(H,15,18). The number of benzene rings is 1. The van der Waals surface area contributed by atoms with E-state index in [4.69, 9.17) is 15.6 Å². The maximum atomic E-state index is 12.0. The number of methoxy groups -OCH3 is 1. The molecular weight excluding hydrogens is 246 g/mol. The van der Waals surface area contributed by atoms with Crippen LogP contribution in [-0.4, -0.2) is 42.4 Å². The lowest BCUT2D eigenvalue weighted by atomic mass is 10.2. The summed E-state index contributed by atoms with van der Waals surface area (Å²) in [5.41, 5.74) is 7.60. The van der Waals surface area contributed by atoms with Crippen LogP contribution >= 0.6 is 0 Å². The number of hydrogen-bond acceptors (Lipinski definition) is 4.